The van der Waals surface area contributed by atoms with Crippen LogP contribution in [0.4, 0.5) is 8.78 Å². The highest BCUT2D eigenvalue weighted by molar-refractivity contribution is 5.54. The van der Waals surface area contributed by atoms with Gasteiger partial charge in [-0.05, 0) is 30.5 Å². The predicted octanol–water partition coefficient (Wildman–Crippen LogP) is 3.06. The summed E-state index contributed by atoms with van der Waals surface area (Å²) >= 11 is 0. The van der Waals surface area contributed by atoms with Gasteiger partial charge in [0.15, 0.2) is 11.6 Å². The van der Waals surface area contributed by atoms with Crippen LogP contribution in [0.2, 0.25) is 0 Å². The van der Waals surface area contributed by atoms with E-state index in [1.165, 1.54) is 6.07 Å². The second kappa shape index (κ2) is 5.44. The largest absolute Gasteiger partial charge is 0.337 e. The molecule has 1 aromatic carbocycles. The molecule has 0 radical (unpaired) electrons. The number of rotatable bonds is 4. The average molecular weight is 267 g/mol. The van der Waals surface area contributed by atoms with E-state index < -0.39 is 11.6 Å². The second-order valence-corrected chi connectivity index (χ2v) is 4.82. The summed E-state index contributed by atoms with van der Waals surface area (Å²) in [5.74, 6) is -0.963. The zero-order valence-electron chi connectivity index (χ0n) is 10.7. The van der Waals surface area contributed by atoms with Crippen molar-refractivity contribution in [2.45, 2.75) is 26.3 Å². The predicted molar refractivity (Wildman–Crippen MR) is 66.0 cm³/mol. The molecule has 6 heteroatoms. The molecule has 0 aliphatic rings. The molecule has 0 aliphatic heterocycles. The van der Waals surface area contributed by atoms with Crippen LogP contribution in [-0.2, 0) is 0 Å². The van der Waals surface area contributed by atoms with E-state index in [1.807, 2.05) is 13.8 Å². The summed E-state index contributed by atoms with van der Waals surface area (Å²) in [6, 6.07) is 3.08. The molecule has 0 amide bonds. The van der Waals surface area contributed by atoms with Gasteiger partial charge in [0.25, 0.3) is 0 Å². The van der Waals surface area contributed by atoms with E-state index in [1.54, 1.807) is 0 Å². The van der Waals surface area contributed by atoms with Crippen LogP contribution < -0.4 is 5.73 Å². The van der Waals surface area contributed by atoms with Crippen molar-refractivity contribution >= 4 is 0 Å². The Balaban J connectivity index is 2.22. The van der Waals surface area contributed by atoms with Crippen molar-refractivity contribution in [3.63, 3.8) is 0 Å². The Kier molecular flexibility index (Phi) is 3.90. The van der Waals surface area contributed by atoms with Gasteiger partial charge in [0.1, 0.15) is 0 Å². The van der Waals surface area contributed by atoms with Crippen LogP contribution in [0.25, 0.3) is 11.4 Å². The van der Waals surface area contributed by atoms with Gasteiger partial charge in [0.2, 0.25) is 11.7 Å². The van der Waals surface area contributed by atoms with Crippen molar-refractivity contribution in [2.24, 2.45) is 11.7 Å². The van der Waals surface area contributed by atoms with Crippen molar-refractivity contribution in [1.29, 1.82) is 0 Å². The molecule has 1 atom stereocenters. The Labute approximate surface area is 109 Å². The van der Waals surface area contributed by atoms with Gasteiger partial charge in [-0.25, -0.2) is 8.78 Å². The summed E-state index contributed by atoms with van der Waals surface area (Å²) in [5, 5.41) is 3.73. The fourth-order valence-corrected chi connectivity index (χ4v) is 1.75. The minimum Gasteiger partial charge on any atom is -0.337 e. The maximum atomic E-state index is 13.1. The van der Waals surface area contributed by atoms with Gasteiger partial charge in [-0.1, -0.05) is 19.0 Å². The standard InChI is InChI=1S/C13H15F2N3O/c1-7(2)5-11(16)13-17-12(18-19-13)8-3-4-9(14)10(15)6-8/h3-4,6-7,11H,5,16H2,1-2H3/t11-/m0/s1. The topological polar surface area (TPSA) is 64.9 Å². The number of hydrogen-bond donors (Lipinski definition) is 1. The van der Waals surface area contributed by atoms with E-state index in [2.05, 4.69) is 10.1 Å². The molecular formula is C13H15F2N3O. The number of aromatic nitrogens is 2. The van der Waals surface area contributed by atoms with Gasteiger partial charge in [-0.15, -0.1) is 0 Å². The van der Waals surface area contributed by atoms with Crippen LogP contribution in [0.5, 0.6) is 0 Å². The minimum absolute atomic E-state index is 0.202. The highest BCUT2D eigenvalue weighted by atomic mass is 19.2. The Morgan fingerprint density at radius 3 is 2.63 bits per heavy atom. The molecule has 0 bridgehead atoms. The average Bonchev–Trinajstić information content (AvgIpc) is 2.81. The molecular weight excluding hydrogens is 252 g/mol. The van der Waals surface area contributed by atoms with E-state index >= 15 is 0 Å². The fourth-order valence-electron chi connectivity index (χ4n) is 1.75. The van der Waals surface area contributed by atoms with Gasteiger partial charge >= 0.3 is 0 Å². The molecule has 19 heavy (non-hydrogen) atoms. The molecule has 0 saturated heterocycles. The highest BCUT2D eigenvalue weighted by Gasteiger charge is 2.17. The maximum absolute atomic E-state index is 13.1. The van der Waals surface area contributed by atoms with Crippen LogP contribution >= 0.6 is 0 Å². The summed E-state index contributed by atoms with van der Waals surface area (Å²) < 4.78 is 31.0. The van der Waals surface area contributed by atoms with E-state index in [0.717, 1.165) is 12.1 Å². The molecule has 1 heterocycles. The Bertz CT molecular complexity index is 569. The molecule has 0 saturated carbocycles. The first kappa shape index (κ1) is 13.6. The van der Waals surface area contributed by atoms with Crippen molar-refractivity contribution in [2.75, 3.05) is 0 Å². The number of halogens is 2. The quantitative estimate of drug-likeness (QED) is 0.924. The fraction of sp³-hybridized carbons (Fsp3) is 0.385. The monoisotopic (exact) mass is 267 g/mol. The molecule has 0 aliphatic carbocycles. The van der Waals surface area contributed by atoms with Crippen LogP contribution in [0, 0.1) is 17.6 Å². The lowest BCUT2D eigenvalue weighted by Gasteiger charge is -2.08. The van der Waals surface area contributed by atoms with Crippen LogP contribution in [0.1, 0.15) is 32.2 Å². The first-order valence-corrected chi connectivity index (χ1v) is 6.02. The van der Waals surface area contributed by atoms with Crippen LogP contribution in [0.3, 0.4) is 0 Å². The maximum Gasteiger partial charge on any atom is 0.243 e. The molecule has 2 aromatic rings. The summed E-state index contributed by atoms with van der Waals surface area (Å²) in [6.07, 6.45) is 0.708. The molecule has 0 unspecified atom stereocenters. The molecule has 0 fully saturated rings. The van der Waals surface area contributed by atoms with Gasteiger partial charge < -0.3 is 10.3 Å². The number of nitrogens with two attached hydrogens (primary N) is 1. The highest BCUT2D eigenvalue weighted by Crippen LogP contribution is 2.22. The van der Waals surface area contributed by atoms with Crippen molar-refractivity contribution in [3.05, 3.63) is 35.7 Å². The Hall–Kier alpha value is -1.82. The minimum atomic E-state index is -0.949. The van der Waals surface area contributed by atoms with Gasteiger partial charge in [0, 0.05) is 5.56 Å². The van der Waals surface area contributed by atoms with E-state index in [-0.39, 0.29) is 11.9 Å². The Morgan fingerprint density at radius 2 is 2.00 bits per heavy atom. The third kappa shape index (κ3) is 3.14. The van der Waals surface area contributed by atoms with E-state index in [9.17, 15) is 8.78 Å². The van der Waals surface area contributed by atoms with Gasteiger partial charge in [-0.2, -0.15) is 4.98 Å². The van der Waals surface area contributed by atoms with E-state index in [4.69, 9.17) is 10.3 Å². The lowest BCUT2D eigenvalue weighted by molar-refractivity contribution is 0.335. The Morgan fingerprint density at radius 1 is 1.26 bits per heavy atom. The smallest absolute Gasteiger partial charge is 0.243 e. The second-order valence-electron chi connectivity index (χ2n) is 4.82. The lowest BCUT2D eigenvalue weighted by Crippen LogP contribution is -2.13. The molecule has 2 rings (SSSR count). The molecule has 4 nitrogen and oxygen atoms in total. The van der Waals surface area contributed by atoms with Crippen LogP contribution in [-0.4, -0.2) is 10.1 Å². The number of nitrogens with zero attached hydrogens (tertiary/aromatic N) is 2. The SMILES string of the molecule is CC(C)C[C@H](N)c1nc(-c2ccc(F)c(F)c2)no1. The zero-order chi connectivity index (χ0) is 14.0. The summed E-state index contributed by atoms with van der Waals surface area (Å²) in [5.41, 5.74) is 6.26. The molecule has 0 spiro atoms. The summed E-state index contributed by atoms with van der Waals surface area (Å²) in [6.45, 7) is 4.07. The summed E-state index contributed by atoms with van der Waals surface area (Å²) in [4.78, 5) is 4.11. The van der Waals surface area contributed by atoms with Gasteiger partial charge in [-0.3, -0.25) is 0 Å². The van der Waals surface area contributed by atoms with E-state index in [0.29, 0.717) is 23.8 Å². The zero-order valence-corrected chi connectivity index (χ0v) is 10.7. The van der Waals surface area contributed by atoms with Crippen molar-refractivity contribution < 1.29 is 13.3 Å². The van der Waals surface area contributed by atoms with Crippen molar-refractivity contribution in [3.8, 4) is 11.4 Å². The first-order chi connectivity index (χ1) is 8.97. The first-order valence-electron chi connectivity index (χ1n) is 6.02. The van der Waals surface area contributed by atoms with Crippen LogP contribution in [0.15, 0.2) is 22.7 Å². The normalized spacial score (nSPS) is 12.9. The van der Waals surface area contributed by atoms with Crippen molar-refractivity contribution in [1.82, 2.24) is 10.1 Å². The lowest BCUT2D eigenvalue weighted by atomic mass is 10.0. The third-order valence-electron chi connectivity index (χ3n) is 2.66. The molecule has 1 aromatic heterocycles. The molecule has 102 valence electrons. The number of hydrogen-bond acceptors (Lipinski definition) is 4. The summed E-state index contributed by atoms with van der Waals surface area (Å²) in [7, 11) is 0. The number of benzene rings is 1. The third-order valence-corrected chi connectivity index (χ3v) is 2.66. The molecule has 2 N–H and O–H groups in total. The van der Waals surface area contributed by atoms with Gasteiger partial charge in [0.05, 0.1) is 6.04 Å².